The molecule has 96 valence electrons. The zero-order valence-electron chi connectivity index (χ0n) is 12.0. The average Bonchev–Trinajstić information content (AvgIpc) is 2.42. The normalized spacial score (nSPS) is 15.1. The summed E-state index contributed by atoms with van der Waals surface area (Å²) in [5, 5.41) is 5.59. The van der Waals surface area contributed by atoms with E-state index in [0.29, 0.717) is 0 Å². The van der Waals surface area contributed by atoms with Gasteiger partial charge in [0.15, 0.2) is 0 Å². The highest BCUT2D eigenvalue weighted by Gasteiger charge is 2.15. The maximum absolute atomic E-state index is 4.19. The molecule has 2 aromatic carbocycles. The van der Waals surface area contributed by atoms with Gasteiger partial charge in [-0.25, -0.2) is 0 Å². The summed E-state index contributed by atoms with van der Waals surface area (Å²) >= 11 is 0. The minimum absolute atomic E-state index is 1.12. The second kappa shape index (κ2) is 4.38. The van der Waals surface area contributed by atoms with Crippen LogP contribution in [0.15, 0.2) is 36.4 Å². The van der Waals surface area contributed by atoms with Gasteiger partial charge in [0.1, 0.15) is 0 Å². The molecule has 0 spiro atoms. The predicted molar refractivity (Wildman–Crippen MR) is 84.6 cm³/mol. The number of benzene rings is 2. The van der Waals surface area contributed by atoms with Crippen molar-refractivity contribution in [3.05, 3.63) is 58.0 Å². The summed E-state index contributed by atoms with van der Waals surface area (Å²) in [5.74, 6) is 0. The van der Waals surface area contributed by atoms with E-state index in [4.69, 9.17) is 0 Å². The van der Waals surface area contributed by atoms with Gasteiger partial charge < -0.3 is 0 Å². The van der Waals surface area contributed by atoms with E-state index in [-0.39, 0.29) is 0 Å². The van der Waals surface area contributed by atoms with Gasteiger partial charge >= 0.3 is 0 Å². The molecule has 0 nitrogen and oxygen atoms in total. The second-order valence-electron chi connectivity index (χ2n) is 5.54. The van der Waals surface area contributed by atoms with E-state index in [1.165, 1.54) is 43.5 Å². The largest absolute Gasteiger partial charge is 0.0958 e. The molecule has 0 amide bonds. The van der Waals surface area contributed by atoms with Crippen molar-refractivity contribution in [1.29, 1.82) is 0 Å². The molecule has 0 N–H and O–H groups in total. The molecule has 0 aromatic heterocycles. The van der Waals surface area contributed by atoms with Crippen LogP contribution in [0.25, 0.3) is 22.4 Å². The van der Waals surface area contributed by atoms with Gasteiger partial charge in [0.25, 0.3) is 0 Å². The van der Waals surface area contributed by atoms with Crippen LogP contribution < -0.4 is 10.4 Å². The molecule has 19 heavy (non-hydrogen) atoms. The molecule has 3 rings (SSSR count). The molecule has 0 fully saturated rings. The Kier molecular flexibility index (Phi) is 2.82. The van der Waals surface area contributed by atoms with Crippen molar-refractivity contribution >= 4 is 22.4 Å². The van der Waals surface area contributed by atoms with Crippen LogP contribution in [0.3, 0.4) is 0 Å². The molecule has 2 aromatic rings. The number of hydrogen-bond acceptors (Lipinski definition) is 0. The first kappa shape index (κ1) is 12.2. The Hall–Kier alpha value is -1.82. The van der Waals surface area contributed by atoms with Gasteiger partial charge in [0.05, 0.1) is 0 Å². The zero-order valence-corrected chi connectivity index (χ0v) is 12.0. The number of aryl methyl sites for hydroxylation is 2. The van der Waals surface area contributed by atoms with Gasteiger partial charge in [-0.3, -0.25) is 0 Å². The number of allylic oxidation sites excluding steroid dienone is 1. The quantitative estimate of drug-likeness (QED) is 0.723. The summed E-state index contributed by atoms with van der Waals surface area (Å²) in [7, 11) is 0. The summed E-state index contributed by atoms with van der Waals surface area (Å²) in [6.07, 6.45) is 4.48. The lowest BCUT2D eigenvalue weighted by atomic mass is 9.84. The fourth-order valence-electron chi connectivity index (χ4n) is 3.30. The van der Waals surface area contributed by atoms with Crippen LogP contribution in [0, 0.1) is 6.92 Å². The lowest BCUT2D eigenvalue weighted by molar-refractivity contribution is 0.986. The van der Waals surface area contributed by atoms with Crippen molar-refractivity contribution in [3.63, 3.8) is 0 Å². The van der Waals surface area contributed by atoms with Crippen molar-refractivity contribution in [3.8, 4) is 0 Å². The van der Waals surface area contributed by atoms with E-state index in [1.807, 2.05) is 0 Å². The summed E-state index contributed by atoms with van der Waals surface area (Å²) < 4.78 is 0. The van der Waals surface area contributed by atoms with Crippen LogP contribution in [-0.4, -0.2) is 0 Å². The third kappa shape index (κ3) is 1.74. The summed E-state index contributed by atoms with van der Waals surface area (Å²) in [5.41, 5.74) is 5.60. The maximum atomic E-state index is 4.19. The van der Waals surface area contributed by atoms with Gasteiger partial charge in [-0.2, -0.15) is 0 Å². The molecule has 0 radical (unpaired) electrons. The molecule has 0 saturated heterocycles. The average molecular weight is 248 g/mol. The molecule has 0 atom stereocenters. The highest BCUT2D eigenvalue weighted by atomic mass is 14.2. The lowest BCUT2D eigenvalue weighted by Crippen LogP contribution is -2.31. The fourth-order valence-corrected chi connectivity index (χ4v) is 3.30. The lowest BCUT2D eigenvalue weighted by Gasteiger charge is -2.20. The van der Waals surface area contributed by atoms with Crippen LogP contribution in [0.5, 0.6) is 0 Å². The summed E-state index contributed by atoms with van der Waals surface area (Å²) in [6.45, 7) is 10.7. The molecular formula is C19H20. The highest BCUT2D eigenvalue weighted by Crippen LogP contribution is 2.27. The molecule has 0 saturated carbocycles. The molecule has 1 aliphatic carbocycles. The van der Waals surface area contributed by atoms with Crippen LogP contribution >= 0.6 is 0 Å². The van der Waals surface area contributed by atoms with Crippen molar-refractivity contribution < 1.29 is 0 Å². The van der Waals surface area contributed by atoms with Crippen LogP contribution in [0.1, 0.15) is 31.4 Å². The van der Waals surface area contributed by atoms with Gasteiger partial charge in [-0.05, 0) is 71.5 Å². The standard InChI is InChI=1S/C19H20/c1-5-14-8-9-15-7-6-13(4)17-11-10-16(12(2)3)18(14)19(15)17/h5-9H,2,10-11H2,1,3-4H3/b14-5-. The second-order valence-corrected chi connectivity index (χ2v) is 5.54. The van der Waals surface area contributed by atoms with Crippen LogP contribution in [0.4, 0.5) is 0 Å². The third-order valence-corrected chi connectivity index (χ3v) is 4.31. The van der Waals surface area contributed by atoms with Gasteiger partial charge in [0, 0.05) is 0 Å². The molecule has 1 aliphatic rings. The topological polar surface area (TPSA) is 0 Å². The number of rotatable bonds is 1. The Bertz CT molecular complexity index is 804. The predicted octanol–water partition coefficient (Wildman–Crippen LogP) is 3.62. The van der Waals surface area contributed by atoms with E-state index in [9.17, 15) is 0 Å². The van der Waals surface area contributed by atoms with Gasteiger partial charge in [-0.1, -0.05) is 42.5 Å². The van der Waals surface area contributed by atoms with Crippen molar-refractivity contribution in [2.24, 2.45) is 0 Å². The van der Waals surface area contributed by atoms with Crippen LogP contribution in [0.2, 0.25) is 0 Å². The minimum atomic E-state index is 1.12. The molecule has 0 aliphatic heterocycles. The van der Waals surface area contributed by atoms with Crippen LogP contribution in [-0.2, 0) is 6.42 Å². The Morgan fingerprint density at radius 3 is 2.58 bits per heavy atom. The SMILES string of the molecule is C=C(C)C1=c2/c(=C\C)ccc3ccc(C)c(c23)CC1. The Morgan fingerprint density at radius 2 is 1.89 bits per heavy atom. The maximum Gasteiger partial charge on any atom is -0.00678 e. The van der Waals surface area contributed by atoms with Crippen molar-refractivity contribution in [1.82, 2.24) is 0 Å². The zero-order chi connectivity index (χ0) is 13.6. The third-order valence-electron chi connectivity index (χ3n) is 4.31. The minimum Gasteiger partial charge on any atom is -0.0958 e. The highest BCUT2D eigenvalue weighted by molar-refractivity contribution is 5.91. The molecule has 0 bridgehead atoms. The summed E-state index contributed by atoms with van der Waals surface area (Å²) in [4.78, 5) is 0. The Morgan fingerprint density at radius 1 is 1.16 bits per heavy atom. The smallest absolute Gasteiger partial charge is 0.00678 e. The Balaban J connectivity index is 2.69. The first-order chi connectivity index (χ1) is 9.13. The Labute approximate surface area is 114 Å². The summed E-state index contributed by atoms with van der Waals surface area (Å²) in [6, 6.07) is 8.99. The van der Waals surface area contributed by atoms with E-state index >= 15 is 0 Å². The first-order valence-corrected chi connectivity index (χ1v) is 7.00. The first-order valence-electron chi connectivity index (χ1n) is 7.00. The van der Waals surface area contributed by atoms with Gasteiger partial charge in [0.2, 0.25) is 0 Å². The van der Waals surface area contributed by atoms with Gasteiger partial charge in [-0.15, -0.1) is 0 Å². The van der Waals surface area contributed by atoms with E-state index in [2.05, 4.69) is 57.7 Å². The van der Waals surface area contributed by atoms with E-state index in [1.54, 1.807) is 0 Å². The van der Waals surface area contributed by atoms with E-state index < -0.39 is 0 Å². The molecule has 0 unspecified atom stereocenters. The molecule has 0 heteroatoms. The van der Waals surface area contributed by atoms with E-state index in [0.717, 1.165) is 12.8 Å². The monoisotopic (exact) mass is 248 g/mol. The number of hydrogen-bond donors (Lipinski definition) is 0. The molecule has 0 heterocycles. The van der Waals surface area contributed by atoms with Crippen molar-refractivity contribution in [2.75, 3.05) is 0 Å². The fraction of sp³-hybridized carbons (Fsp3) is 0.263. The molecular weight excluding hydrogens is 228 g/mol. The van der Waals surface area contributed by atoms with Crippen molar-refractivity contribution in [2.45, 2.75) is 33.6 Å².